The molecule has 1 saturated heterocycles. The summed E-state index contributed by atoms with van der Waals surface area (Å²) in [7, 11) is -1.73. The molecule has 2 atom stereocenters. The van der Waals surface area contributed by atoms with E-state index in [2.05, 4.69) is 0 Å². The van der Waals surface area contributed by atoms with Crippen molar-refractivity contribution in [2.24, 2.45) is 0 Å². The van der Waals surface area contributed by atoms with E-state index in [1.54, 1.807) is 37.3 Å². The topological polar surface area (TPSA) is 69.7 Å². The molecular weight excluding hydrogens is 268 g/mol. The van der Waals surface area contributed by atoms with Gasteiger partial charge in [0.25, 0.3) is 0 Å². The van der Waals surface area contributed by atoms with Gasteiger partial charge in [-0.2, -0.15) is 0 Å². The minimum Gasteiger partial charge on any atom is -0.463 e. The fourth-order valence-corrected chi connectivity index (χ4v) is 3.20. The van der Waals surface area contributed by atoms with E-state index in [4.69, 9.17) is 9.47 Å². The Hall–Kier alpha value is -1.53. The van der Waals surface area contributed by atoms with Crippen LogP contribution in [0.3, 0.4) is 0 Å². The summed E-state index contributed by atoms with van der Waals surface area (Å²) in [4.78, 5) is 22.5. The lowest BCUT2D eigenvalue weighted by Crippen LogP contribution is -2.50. The van der Waals surface area contributed by atoms with Gasteiger partial charge in [0.2, 0.25) is 5.78 Å². The van der Waals surface area contributed by atoms with E-state index in [0.717, 1.165) is 0 Å². The molecule has 1 fully saturated rings. The molecule has 102 valence electrons. The van der Waals surface area contributed by atoms with Gasteiger partial charge in [-0.15, -0.1) is 0 Å². The third kappa shape index (κ3) is 2.33. The number of hydrogen-bond acceptors (Lipinski definition) is 5. The molecule has 0 N–H and O–H groups in total. The zero-order chi connectivity index (χ0) is 13.9. The van der Waals surface area contributed by atoms with Gasteiger partial charge < -0.3 is 9.47 Å². The standard InChI is InChI=1S/C13H14O5S/c1-2-17-12(15)13(18-8-9-19(13)16)11(14)10-6-4-3-5-7-10/h3-7H,2,8-9H2,1H3/t13-,19?/m1/s1. The first-order valence-electron chi connectivity index (χ1n) is 5.92. The normalized spacial score (nSPS) is 26.1. The van der Waals surface area contributed by atoms with Crippen LogP contribution in [0.4, 0.5) is 0 Å². The second kappa shape index (κ2) is 5.63. The van der Waals surface area contributed by atoms with Crippen molar-refractivity contribution in [2.75, 3.05) is 19.0 Å². The summed E-state index contributed by atoms with van der Waals surface area (Å²) in [6, 6.07) is 8.21. The highest BCUT2D eigenvalue weighted by molar-refractivity contribution is 7.88. The maximum Gasteiger partial charge on any atom is 0.360 e. The van der Waals surface area contributed by atoms with Gasteiger partial charge in [0.1, 0.15) is 0 Å². The van der Waals surface area contributed by atoms with Crippen LogP contribution in [-0.2, 0) is 25.1 Å². The number of ether oxygens (including phenoxy) is 2. The monoisotopic (exact) mass is 282 g/mol. The van der Waals surface area contributed by atoms with Crippen molar-refractivity contribution in [1.29, 1.82) is 0 Å². The van der Waals surface area contributed by atoms with Crippen LogP contribution in [0.5, 0.6) is 0 Å². The van der Waals surface area contributed by atoms with Crippen LogP contribution in [0.15, 0.2) is 30.3 Å². The van der Waals surface area contributed by atoms with Crippen molar-refractivity contribution in [3.05, 3.63) is 35.9 Å². The second-order valence-corrected chi connectivity index (χ2v) is 5.60. The molecule has 2 rings (SSSR count). The molecule has 5 nitrogen and oxygen atoms in total. The molecule has 0 radical (unpaired) electrons. The SMILES string of the molecule is CCOC(=O)[C@]1(C(=O)c2ccccc2)OCCS1=O. The maximum atomic E-state index is 12.5. The van der Waals surface area contributed by atoms with Crippen LogP contribution < -0.4 is 0 Å². The van der Waals surface area contributed by atoms with Crippen molar-refractivity contribution >= 4 is 22.6 Å². The first-order chi connectivity index (χ1) is 9.13. The highest BCUT2D eigenvalue weighted by Gasteiger charge is 2.57. The van der Waals surface area contributed by atoms with Gasteiger partial charge in [0.15, 0.2) is 0 Å². The largest absolute Gasteiger partial charge is 0.463 e. The van der Waals surface area contributed by atoms with E-state index >= 15 is 0 Å². The minimum absolute atomic E-state index is 0.100. The van der Waals surface area contributed by atoms with Gasteiger partial charge in [-0.25, -0.2) is 4.79 Å². The van der Waals surface area contributed by atoms with E-state index in [1.165, 1.54) is 0 Å². The molecule has 0 aliphatic carbocycles. The zero-order valence-electron chi connectivity index (χ0n) is 10.5. The number of carbonyl (C=O) groups excluding carboxylic acids is 2. The number of hydrogen-bond donors (Lipinski definition) is 0. The fourth-order valence-electron chi connectivity index (χ4n) is 1.89. The Morgan fingerprint density at radius 1 is 1.37 bits per heavy atom. The molecule has 0 saturated carbocycles. The van der Waals surface area contributed by atoms with Crippen LogP contribution >= 0.6 is 0 Å². The van der Waals surface area contributed by atoms with Crippen molar-refractivity contribution in [1.82, 2.24) is 0 Å². The summed E-state index contributed by atoms with van der Waals surface area (Å²) in [5.41, 5.74) is 0.283. The molecule has 1 heterocycles. The number of rotatable bonds is 4. The quantitative estimate of drug-likeness (QED) is 0.466. The minimum atomic E-state index is -2.00. The molecule has 1 unspecified atom stereocenters. The van der Waals surface area contributed by atoms with Gasteiger partial charge in [0.05, 0.1) is 29.8 Å². The number of carbonyl (C=O) groups is 2. The third-order valence-corrected chi connectivity index (χ3v) is 4.42. The van der Waals surface area contributed by atoms with Crippen molar-refractivity contribution in [3.8, 4) is 0 Å². The average molecular weight is 282 g/mol. The fraction of sp³-hybridized carbons (Fsp3) is 0.385. The van der Waals surface area contributed by atoms with E-state index < -0.39 is 27.5 Å². The summed E-state index contributed by atoms with van der Waals surface area (Å²) in [6.07, 6.45) is 0. The molecular formula is C13H14O5S. The van der Waals surface area contributed by atoms with E-state index in [1.807, 2.05) is 0 Å². The molecule has 19 heavy (non-hydrogen) atoms. The van der Waals surface area contributed by atoms with Crippen molar-refractivity contribution in [3.63, 3.8) is 0 Å². The van der Waals surface area contributed by atoms with Crippen molar-refractivity contribution in [2.45, 2.75) is 11.9 Å². The number of benzene rings is 1. The Labute approximate surface area is 113 Å². The molecule has 0 aromatic heterocycles. The number of esters is 1. The van der Waals surface area contributed by atoms with E-state index in [-0.39, 0.29) is 24.5 Å². The Morgan fingerprint density at radius 3 is 2.58 bits per heavy atom. The zero-order valence-corrected chi connectivity index (χ0v) is 11.3. The highest BCUT2D eigenvalue weighted by atomic mass is 32.2. The van der Waals surface area contributed by atoms with Crippen LogP contribution in [0, 0.1) is 0 Å². The van der Waals surface area contributed by atoms with Gasteiger partial charge >= 0.3 is 10.9 Å². The Balaban J connectivity index is 2.42. The summed E-state index contributed by atoms with van der Waals surface area (Å²) >= 11 is 0. The lowest BCUT2D eigenvalue weighted by molar-refractivity contribution is -0.155. The van der Waals surface area contributed by atoms with Crippen molar-refractivity contribution < 1.29 is 23.3 Å². The van der Waals surface area contributed by atoms with Crippen LogP contribution in [0.2, 0.25) is 0 Å². The smallest absolute Gasteiger partial charge is 0.360 e. The van der Waals surface area contributed by atoms with Crippen LogP contribution in [-0.4, -0.2) is 39.9 Å². The lowest BCUT2D eigenvalue weighted by Gasteiger charge is -2.22. The van der Waals surface area contributed by atoms with E-state index in [0.29, 0.717) is 0 Å². The van der Waals surface area contributed by atoms with Crippen LogP contribution in [0.1, 0.15) is 17.3 Å². The Kier molecular flexibility index (Phi) is 4.11. The first-order valence-corrected chi connectivity index (χ1v) is 7.24. The number of Topliss-reactive ketones (excluding diaryl/α,β-unsaturated/α-hetero) is 1. The van der Waals surface area contributed by atoms with Crippen LogP contribution in [0.25, 0.3) is 0 Å². The number of ketones is 1. The Morgan fingerprint density at radius 2 is 2.05 bits per heavy atom. The first kappa shape index (κ1) is 13.9. The predicted molar refractivity (Wildman–Crippen MR) is 69.1 cm³/mol. The summed E-state index contributed by atoms with van der Waals surface area (Å²) < 4.78 is 22.2. The van der Waals surface area contributed by atoms with Gasteiger partial charge in [-0.3, -0.25) is 9.00 Å². The van der Waals surface area contributed by atoms with Gasteiger partial charge in [-0.1, -0.05) is 30.3 Å². The summed E-state index contributed by atoms with van der Waals surface area (Å²) in [5, 5.41) is 0. The van der Waals surface area contributed by atoms with Gasteiger partial charge in [0, 0.05) is 5.56 Å². The average Bonchev–Trinajstić information content (AvgIpc) is 2.82. The molecule has 0 bridgehead atoms. The third-order valence-electron chi connectivity index (χ3n) is 2.77. The molecule has 0 amide bonds. The molecule has 6 heteroatoms. The second-order valence-electron chi connectivity index (χ2n) is 3.93. The molecule has 1 aliphatic rings. The molecule has 1 aromatic carbocycles. The maximum absolute atomic E-state index is 12.5. The lowest BCUT2D eigenvalue weighted by atomic mass is 10.1. The van der Waals surface area contributed by atoms with Gasteiger partial charge in [-0.05, 0) is 6.92 Å². The summed E-state index contributed by atoms with van der Waals surface area (Å²) in [5.74, 6) is -1.33. The Bertz CT molecular complexity index is 513. The summed E-state index contributed by atoms with van der Waals surface area (Å²) in [6.45, 7) is 1.82. The molecule has 0 spiro atoms. The highest BCUT2D eigenvalue weighted by Crippen LogP contribution is 2.29. The van der Waals surface area contributed by atoms with E-state index in [9.17, 15) is 13.8 Å². The molecule has 1 aromatic rings. The molecule has 1 aliphatic heterocycles. The predicted octanol–water partition coefficient (Wildman–Crippen LogP) is 0.908.